The average molecular weight is 289 g/mol. The van der Waals surface area contributed by atoms with Gasteiger partial charge >= 0.3 is 0 Å². The minimum Gasteiger partial charge on any atom is -0.330 e. The summed E-state index contributed by atoms with van der Waals surface area (Å²) in [6, 6.07) is 6.17. The minimum atomic E-state index is 0.335. The molecule has 1 fully saturated rings. The maximum absolute atomic E-state index is 5.98. The van der Waals surface area contributed by atoms with Crippen molar-refractivity contribution in [3.05, 3.63) is 33.3 Å². The van der Waals surface area contributed by atoms with Crippen LogP contribution in [-0.4, -0.2) is 6.54 Å². The summed E-state index contributed by atoms with van der Waals surface area (Å²) in [5, 5.41) is 0.765. The third-order valence-electron chi connectivity index (χ3n) is 3.61. The zero-order valence-electron chi connectivity index (χ0n) is 8.93. The van der Waals surface area contributed by atoms with E-state index in [9.17, 15) is 0 Å². The summed E-state index contributed by atoms with van der Waals surface area (Å²) in [6.07, 6.45) is 0. The van der Waals surface area contributed by atoms with E-state index in [1.54, 1.807) is 0 Å². The first-order valence-corrected chi connectivity index (χ1v) is 6.30. The van der Waals surface area contributed by atoms with Gasteiger partial charge in [0, 0.05) is 4.47 Å². The molecule has 0 amide bonds. The molecule has 0 spiro atoms. The number of halogens is 2. The van der Waals surface area contributed by atoms with Crippen molar-refractivity contribution >= 4 is 27.5 Å². The van der Waals surface area contributed by atoms with Gasteiger partial charge in [-0.2, -0.15) is 0 Å². The van der Waals surface area contributed by atoms with Crippen molar-refractivity contribution in [2.75, 3.05) is 6.54 Å². The van der Waals surface area contributed by atoms with Crippen LogP contribution in [0.1, 0.15) is 25.3 Å². The van der Waals surface area contributed by atoms with Crippen molar-refractivity contribution in [1.29, 1.82) is 0 Å². The maximum atomic E-state index is 5.98. The summed E-state index contributed by atoms with van der Waals surface area (Å²) < 4.78 is 0.972. The second kappa shape index (κ2) is 3.76. The molecule has 0 bridgehead atoms. The Morgan fingerprint density at radius 2 is 2.13 bits per heavy atom. The molecule has 0 aliphatic heterocycles. The fourth-order valence-electron chi connectivity index (χ4n) is 2.55. The second-order valence-corrected chi connectivity index (χ2v) is 6.08. The van der Waals surface area contributed by atoms with Gasteiger partial charge in [0.05, 0.1) is 5.02 Å². The van der Waals surface area contributed by atoms with E-state index in [4.69, 9.17) is 17.3 Å². The van der Waals surface area contributed by atoms with Gasteiger partial charge in [-0.1, -0.05) is 31.5 Å². The maximum Gasteiger partial charge on any atom is 0.0548 e. The highest BCUT2D eigenvalue weighted by atomic mass is 79.9. The molecule has 3 heteroatoms. The molecule has 2 unspecified atom stereocenters. The lowest BCUT2D eigenvalue weighted by Gasteiger charge is -2.04. The number of hydrogen-bond acceptors (Lipinski definition) is 1. The van der Waals surface area contributed by atoms with Crippen LogP contribution < -0.4 is 5.73 Å². The first kappa shape index (κ1) is 11.4. The van der Waals surface area contributed by atoms with Gasteiger partial charge in [-0.15, -0.1) is 0 Å². The Morgan fingerprint density at radius 3 is 2.60 bits per heavy atom. The van der Waals surface area contributed by atoms with Crippen LogP contribution in [0.25, 0.3) is 0 Å². The van der Waals surface area contributed by atoms with Crippen molar-refractivity contribution in [1.82, 2.24) is 0 Å². The highest BCUT2D eigenvalue weighted by Crippen LogP contribution is 2.64. The van der Waals surface area contributed by atoms with Gasteiger partial charge in [-0.3, -0.25) is 0 Å². The Balaban J connectivity index is 2.29. The summed E-state index contributed by atoms with van der Waals surface area (Å²) in [5.41, 5.74) is 7.44. The topological polar surface area (TPSA) is 26.0 Å². The van der Waals surface area contributed by atoms with Crippen LogP contribution in [-0.2, 0) is 0 Å². The van der Waals surface area contributed by atoms with E-state index >= 15 is 0 Å². The van der Waals surface area contributed by atoms with Crippen molar-refractivity contribution in [2.45, 2.75) is 19.8 Å². The van der Waals surface area contributed by atoms with Crippen molar-refractivity contribution in [3.63, 3.8) is 0 Å². The number of rotatable bonds is 2. The quantitative estimate of drug-likeness (QED) is 0.880. The summed E-state index contributed by atoms with van der Waals surface area (Å²) in [7, 11) is 0. The second-order valence-electron chi connectivity index (χ2n) is 4.81. The van der Waals surface area contributed by atoms with E-state index < -0.39 is 0 Å². The van der Waals surface area contributed by atoms with Crippen molar-refractivity contribution in [2.24, 2.45) is 17.1 Å². The lowest BCUT2D eigenvalue weighted by Crippen LogP contribution is -2.05. The number of benzene rings is 1. The predicted molar refractivity (Wildman–Crippen MR) is 68.2 cm³/mol. The summed E-state index contributed by atoms with van der Waals surface area (Å²) >= 11 is 9.43. The van der Waals surface area contributed by atoms with E-state index in [1.807, 2.05) is 6.07 Å². The molecule has 0 aromatic heterocycles. The highest BCUT2D eigenvalue weighted by molar-refractivity contribution is 9.10. The standard InChI is InChI=1S/C12H15BrClN/c1-12(2)8(6-15)11(12)7-3-4-10(14)9(13)5-7/h3-5,8,11H,6,15H2,1-2H3. The Labute approximate surface area is 104 Å². The third kappa shape index (κ3) is 1.83. The molecule has 0 saturated heterocycles. The molecular weight excluding hydrogens is 273 g/mol. The molecule has 15 heavy (non-hydrogen) atoms. The molecule has 2 rings (SSSR count). The molecule has 1 aliphatic rings. The van der Waals surface area contributed by atoms with Crippen LogP contribution in [0.3, 0.4) is 0 Å². The Bertz CT molecular complexity index is 389. The van der Waals surface area contributed by atoms with Crippen LogP contribution in [0.2, 0.25) is 5.02 Å². The van der Waals surface area contributed by atoms with Gasteiger partial charge in [-0.05, 0) is 57.4 Å². The minimum absolute atomic E-state index is 0.335. The van der Waals surface area contributed by atoms with Gasteiger partial charge < -0.3 is 5.73 Å². The zero-order chi connectivity index (χ0) is 11.2. The normalized spacial score (nSPS) is 27.8. The van der Waals surface area contributed by atoms with E-state index in [-0.39, 0.29) is 0 Å². The van der Waals surface area contributed by atoms with Crippen molar-refractivity contribution in [3.8, 4) is 0 Å². The van der Waals surface area contributed by atoms with Crippen LogP contribution in [0, 0.1) is 11.3 Å². The smallest absolute Gasteiger partial charge is 0.0548 e. The summed E-state index contributed by atoms with van der Waals surface area (Å²) in [4.78, 5) is 0. The Hall–Kier alpha value is -0.0500. The lowest BCUT2D eigenvalue weighted by molar-refractivity contribution is 0.558. The van der Waals surface area contributed by atoms with Crippen LogP contribution in [0.5, 0.6) is 0 Å². The summed E-state index contributed by atoms with van der Waals surface area (Å²) in [6.45, 7) is 5.31. The lowest BCUT2D eigenvalue weighted by atomic mass is 10.0. The fraction of sp³-hybridized carbons (Fsp3) is 0.500. The molecule has 0 heterocycles. The number of nitrogens with two attached hydrogens (primary N) is 1. The largest absolute Gasteiger partial charge is 0.330 e. The molecule has 2 atom stereocenters. The van der Waals surface area contributed by atoms with Crippen LogP contribution in [0.15, 0.2) is 22.7 Å². The van der Waals surface area contributed by atoms with Crippen LogP contribution in [0.4, 0.5) is 0 Å². The SMILES string of the molecule is CC1(C)C(CN)C1c1ccc(Cl)c(Br)c1. The molecule has 1 saturated carbocycles. The first-order chi connectivity index (χ1) is 6.98. The highest BCUT2D eigenvalue weighted by Gasteiger charge is 2.57. The molecule has 1 aromatic rings. The molecular formula is C12H15BrClN. The van der Waals surface area contributed by atoms with Crippen LogP contribution >= 0.6 is 27.5 Å². The first-order valence-electron chi connectivity index (χ1n) is 5.13. The average Bonchev–Trinajstić information content (AvgIpc) is 2.73. The Morgan fingerprint density at radius 1 is 1.47 bits per heavy atom. The molecule has 82 valence electrons. The molecule has 1 aromatic carbocycles. The van der Waals surface area contributed by atoms with E-state index in [0.717, 1.165) is 16.0 Å². The molecule has 2 N–H and O–H groups in total. The van der Waals surface area contributed by atoms with E-state index in [2.05, 4.69) is 41.9 Å². The zero-order valence-corrected chi connectivity index (χ0v) is 11.3. The van der Waals surface area contributed by atoms with Gasteiger partial charge in [-0.25, -0.2) is 0 Å². The Kier molecular flexibility index (Phi) is 2.87. The molecule has 1 aliphatic carbocycles. The van der Waals surface area contributed by atoms with E-state index in [0.29, 0.717) is 17.3 Å². The van der Waals surface area contributed by atoms with E-state index in [1.165, 1.54) is 5.56 Å². The van der Waals surface area contributed by atoms with Crippen molar-refractivity contribution < 1.29 is 0 Å². The fourth-order valence-corrected chi connectivity index (χ4v) is 3.07. The van der Waals surface area contributed by atoms with Gasteiger partial charge in [0.15, 0.2) is 0 Å². The number of hydrogen-bond donors (Lipinski definition) is 1. The van der Waals surface area contributed by atoms with Gasteiger partial charge in [0.1, 0.15) is 0 Å². The molecule has 0 radical (unpaired) electrons. The third-order valence-corrected chi connectivity index (χ3v) is 4.82. The summed E-state index contributed by atoms with van der Waals surface area (Å²) in [5.74, 6) is 1.18. The predicted octanol–water partition coefficient (Wildman–Crippen LogP) is 3.80. The van der Waals surface area contributed by atoms with Gasteiger partial charge in [0.2, 0.25) is 0 Å². The van der Waals surface area contributed by atoms with Gasteiger partial charge in [0.25, 0.3) is 0 Å². The monoisotopic (exact) mass is 287 g/mol. The molecule has 1 nitrogen and oxygen atoms in total.